The first-order chi connectivity index (χ1) is 6.54. The SMILES string of the molecule is COC(=O)C1(Cl)OC1(C)C1CCCO1. The fourth-order valence-electron chi connectivity index (χ4n) is 1.93. The van der Waals surface area contributed by atoms with E-state index in [1.165, 1.54) is 7.11 Å². The molecular formula is C9H13ClO4. The molecule has 0 saturated carbocycles. The van der Waals surface area contributed by atoms with E-state index < -0.39 is 16.6 Å². The van der Waals surface area contributed by atoms with Crippen LogP contribution >= 0.6 is 11.6 Å². The third-order valence-corrected chi connectivity index (χ3v) is 3.55. The van der Waals surface area contributed by atoms with Crippen LogP contribution in [-0.2, 0) is 19.0 Å². The summed E-state index contributed by atoms with van der Waals surface area (Å²) in [5.41, 5.74) is -0.724. The molecule has 0 N–H and O–H groups in total. The Labute approximate surface area is 87.5 Å². The number of methoxy groups -OCH3 is 1. The van der Waals surface area contributed by atoms with Crippen LogP contribution < -0.4 is 0 Å². The Balaban J connectivity index is 2.10. The number of halogens is 1. The number of epoxide rings is 1. The highest BCUT2D eigenvalue weighted by molar-refractivity contribution is 6.36. The minimum atomic E-state index is -1.34. The summed E-state index contributed by atoms with van der Waals surface area (Å²) in [5, 5.41) is -1.34. The summed E-state index contributed by atoms with van der Waals surface area (Å²) in [6.07, 6.45) is 1.76. The highest BCUT2D eigenvalue weighted by Gasteiger charge is 2.76. The number of alkyl halides is 1. The average molecular weight is 221 g/mol. The average Bonchev–Trinajstić information content (AvgIpc) is 2.62. The van der Waals surface area contributed by atoms with Crippen molar-refractivity contribution in [2.45, 2.75) is 36.5 Å². The third kappa shape index (κ3) is 1.17. The fraction of sp³-hybridized carbons (Fsp3) is 0.889. The normalized spacial score (nSPS) is 46.4. The molecular weight excluding hydrogens is 208 g/mol. The summed E-state index contributed by atoms with van der Waals surface area (Å²) in [7, 11) is 1.30. The van der Waals surface area contributed by atoms with Crippen molar-refractivity contribution in [1.29, 1.82) is 0 Å². The number of ether oxygens (including phenoxy) is 3. The van der Waals surface area contributed by atoms with Gasteiger partial charge in [-0.15, -0.1) is 0 Å². The van der Waals surface area contributed by atoms with Gasteiger partial charge in [-0.3, -0.25) is 0 Å². The number of rotatable bonds is 2. The first-order valence-electron chi connectivity index (χ1n) is 4.64. The van der Waals surface area contributed by atoms with E-state index in [1.54, 1.807) is 6.92 Å². The van der Waals surface area contributed by atoms with Gasteiger partial charge >= 0.3 is 5.97 Å². The maximum atomic E-state index is 11.3. The minimum absolute atomic E-state index is 0.0981. The Kier molecular flexibility index (Phi) is 2.25. The Hall–Kier alpha value is -0.320. The van der Waals surface area contributed by atoms with Gasteiger partial charge in [-0.05, 0) is 19.8 Å². The predicted molar refractivity (Wildman–Crippen MR) is 49.1 cm³/mol. The van der Waals surface area contributed by atoms with Gasteiger partial charge in [0.15, 0.2) is 0 Å². The molecule has 2 fully saturated rings. The molecule has 3 atom stereocenters. The molecule has 2 aliphatic heterocycles. The summed E-state index contributed by atoms with van der Waals surface area (Å²) in [6.45, 7) is 2.49. The highest BCUT2D eigenvalue weighted by Crippen LogP contribution is 2.56. The van der Waals surface area contributed by atoms with Crippen LogP contribution in [0.15, 0.2) is 0 Å². The van der Waals surface area contributed by atoms with Crippen molar-refractivity contribution in [3.63, 3.8) is 0 Å². The van der Waals surface area contributed by atoms with Crippen LogP contribution in [0.5, 0.6) is 0 Å². The molecule has 0 aromatic carbocycles. The standard InChI is InChI=1S/C9H13ClO4/c1-8(6-4-3-5-13-6)9(10,14-8)7(11)12-2/h6H,3-5H2,1-2H3. The minimum Gasteiger partial charge on any atom is -0.466 e. The summed E-state index contributed by atoms with van der Waals surface area (Å²) in [6, 6.07) is 0. The van der Waals surface area contributed by atoms with E-state index >= 15 is 0 Å². The molecule has 2 heterocycles. The second-order valence-electron chi connectivity index (χ2n) is 3.80. The second kappa shape index (κ2) is 3.08. The lowest BCUT2D eigenvalue weighted by atomic mass is 9.98. The van der Waals surface area contributed by atoms with Crippen molar-refractivity contribution in [3.8, 4) is 0 Å². The van der Waals surface area contributed by atoms with Crippen molar-refractivity contribution in [1.82, 2.24) is 0 Å². The van der Waals surface area contributed by atoms with Gasteiger partial charge in [0.2, 0.25) is 0 Å². The van der Waals surface area contributed by atoms with Gasteiger partial charge in [0, 0.05) is 6.61 Å². The van der Waals surface area contributed by atoms with E-state index in [0.717, 1.165) is 12.8 Å². The number of hydrogen-bond donors (Lipinski definition) is 0. The van der Waals surface area contributed by atoms with Gasteiger partial charge in [-0.1, -0.05) is 11.6 Å². The molecule has 0 spiro atoms. The zero-order valence-corrected chi connectivity index (χ0v) is 8.97. The molecule has 3 unspecified atom stereocenters. The fourth-order valence-corrected chi connectivity index (χ4v) is 2.29. The van der Waals surface area contributed by atoms with Gasteiger partial charge in [-0.25, -0.2) is 4.79 Å². The molecule has 0 aliphatic carbocycles. The molecule has 0 aromatic rings. The zero-order valence-electron chi connectivity index (χ0n) is 8.21. The predicted octanol–water partition coefficient (Wildman–Crippen LogP) is 1.06. The van der Waals surface area contributed by atoms with Crippen molar-refractivity contribution in [3.05, 3.63) is 0 Å². The van der Waals surface area contributed by atoms with E-state index in [0.29, 0.717) is 6.61 Å². The maximum absolute atomic E-state index is 11.3. The first kappa shape index (κ1) is 10.2. The first-order valence-corrected chi connectivity index (χ1v) is 5.01. The number of carbonyl (C=O) groups is 1. The summed E-state index contributed by atoms with van der Waals surface area (Å²) >= 11 is 6.01. The molecule has 0 radical (unpaired) electrons. The van der Waals surface area contributed by atoms with Crippen LogP contribution in [0.3, 0.4) is 0 Å². The number of carbonyl (C=O) groups excluding carboxylic acids is 1. The van der Waals surface area contributed by atoms with Crippen LogP contribution in [0.2, 0.25) is 0 Å². The van der Waals surface area contributed by atoms with Crippen molar-refractivity contribution < 1.29 is 19.0 Å². The van der Waals surface area contributed by atoms with Gasteiger partial charge in [-0.2, -0.15) is 0 Å². The van der Waals surface area contributed by atoms with E-state index in [9.17, 15) is 4.79 Å². The molecule has 4 nitrogen and oxygen atoms in total. The van der Waals surface area contributed by atoms with Gasteiger partial charge in [0.1, 0.15) is 5.60 Å². The molecule has 0 bridgehead atoms. The zero-order chi connectivity index (χ0) is 10.4. The van der Waals surface area contributed by atoms with Crippen LogP contribution in [0.25, 0.3) is 0 Å². The smallest absolute Gasteiger partial charge is 0.357 e. The van der Waals surface area contributed by atoms with E-state index in [2.05, 4.69) is 4.74 Å². The molecule has 80 valence electrons. The maximum Gasteiger partial charge on any atom is 0.357 e. The van der Waals surface area contributed by atoms with Crippen LogP contribution in [0.1, 0.15) is 19.8 Å². The number of hydrogen-bond acceptors (Lipinski definition) is 4. The Morgan fingerprint density at radius 1 is 1.64 bits per heavy atom. The highest BCUT2D eigenvalue weighted by atomic mass is 35.5. The van der Waals surface area contributed by atoms with Gasteiger partial charge < -0.3 is 14.2 Å². The lowest BCUT2D eigenvalue weighted by Gasteiger charge is -2.15. The largest absolute Gasteiger partial charge is 0.466 e. The number of esters is 1. The summed E-state index contributed by atoms with van der Waals surface area (Å²) in [4.78, 5) is 11.3. The monoisotopic (exact) mass is 220 g/mol. The summed E-state index contributed by atoms with van der Waals surface area (Å²) in [5.74, 6) is -0.544. The Morgan fingerprint density at radius 2 is 2.36 bits per heavy atom. The molecule has 2 rings (SSSR count). The topological polar surface area (TPSA) is 48.1 Å². The molecule has 0 aromatic heterocycles. The quantitative estimate of drug-likeness (QED) is 0.397. The van der Waals surface area contributed by atoms with E-state index in [1.807, 2.05) is 0 Å². The van der Waals surface area contributed by atoms with E-state index in [4.69, 9.17) is 21.1 Å². The molecule has 0 amide bonds. The van der Waals surface area contributed by atoms with Crippen molar-refractivity contribution in [2.75, 3.05) is 13.7 Å². The second-order valence-corrected chi connectivity index (χ2v) is 4.33. The molecule has 14 heavy (non-hydrogen) atoms. The van der Waals surface area contributed by atoms with E-state index in [-0.39, 0.29) is 6.10 Å². The lowest BCUT2D eigenvalue weighted by molar-refractivity contribution is -0.143. The third-order valence-electron chi connectivity index (χ3n) is 2.94. The Morgan fingerprint density at radius 3 is 2.86 bits per heavy atom. The molecule has 2 aliphatic rings. The van der Waals surface area contributed by atoms with Crippen LogP contribution in [-0.4, -0.2) is 36.5 Å². The van der Waals surface area contributed by atoms with Crippen LogP contribution in [0.4, 0.5) is 0 Å². The van der Waals surface area contributed by atoms with Crippen LogP contribution in [0, 0.1) is 0 Å². The van der Waals surface area contributed by atoms with Gasteiger partial charge in [0.05, 0.1) is 13.2 Å². The molecule has 5 heteroatoms. The summed E-state index contributed by atoms with van der Waals surface area (Å²) < 4.78 is 15.3. The van der Waals surface area contributed by atoms with Gasteiger partial charge in [0.25, 0.3) is 5.06 Å². The van der Waals surface area contributed by atoms with Crippen molar-refractivity contribution >= 4 is 17.6 Å². The lowest BCUT2D eigenvalue weighted by Crippen LogP contribution is -2.37. The molecule has 2 saturated heterocycles. The van der Waals surface area contributed by atoms with Crippen molar-refractivity contribution in [2.24, 2.45) is 0 Å². The Bertz CT molecular complexity index is 264.